The maximum atomic E-state index is 11.8. The maximum absolute atomic E-state index is 11.8. The van der Waals surface area contributed by atoms with Crippen LogP contribution in [-0.2, 0) is 23.0 Å². The van der Waals surface area contributed by atoms with Gasteiger partial charge in [-0.15, -0.1) is 0 Å². The number of imidazole rings is 1. The van der Waals surface area contributed by atoms with Crippen molar-refractivity contribution >= 4 is 10.0 Å². The second-order valence-electron chi connectivity index (χ2n) is 4.25. The minimum atomic E-state index is -3.22. The van der Waals surface area contributed by atoms with Crippen molar-refractivity contribution in [2.45, 2.75) is 13.0 Å². The van der Waals surface area contributed by atoms with E-state index in [1.54, 1.807) is 18.7 Å². The highest BCUT2D eigenvalue weighted by Gasteiger charge is 2.09. The van der Waals surface area contributed by atoms with Crippen LogP contribution in [0.25, 0.3) is 0 Å². The second-order valence-corrected chi connectivity index (χ2v) is 6.18. The lowest BCUT2D eigenvalue weighted by Crippen LogP contribution is -2.30. The summed E-state index contributed by atoms with van der Waals surface area (Å²) in [6, 6.07) is 9.60. The van der Waals surface area contributed by atoms with Gasteiger partial charge >= 0.3 is 0 Å². The molecule has 0 radical (unpaired) electrons. The van der Waals surface area contributed by atoms with Gasteiger partial charge in [0.25, 0.3) is 0 Å². The zero-order valence-electron chi connectivity index (χ0n) is 10.6. The van der Waals surface area contributed by atoms with Gasteiger partial charge in [0, 0.05) is 25.5 Å². The zero-order valence-corrected chi connectivity index (χ0v) is 11.4. The van der Waals surface area contributed by atoms with Gasteiger partial charge in [-0.05, 0) is 12.0 Å². The Hall–Kier alpha value is -1.66. The number of sulfonamides is 1. The van der Waals surface area contributed by atoms with Crippen molar-refractivity contribution < 1.29 is 8.42 Å². The summed E-state index contributed by atoms with van der Waals surface area (Å²) in [7, 11) is -3.22. The number of hydrogen-bond donors (Lipinski definition) is 1. The second kappa shape index (κ2) is 6.49. The number of nitrogens with zero attached hydrogens (tertiary/aromatic N) is 2. The molecule has 0 unspecified atom stereocenters. The Bertz CT molecular complexity index is 580. The van der Waals surface area contributed by atoms with E-state index in [9.17, 15) is 8.42 Å². The summed E-state index contributed by atoms with van der Waals surface area (Å²) in [6.45, 7) is 0.970. The quantitative estimate of drug-likeness (QED) is 0.824. The fourth-order valence-corrected chi connectivity index (χ4v) is 2.77. The minimum Gasteiger partial charge on any atom is -0.336 e. The smallest absolute Gasteiger partial charge is 0.211 e. The SMILES string of the molecule is O=S(=O)(CCc1ccccc1)NCCn1ccnc1. The molecule has 1 aromatic carbocycles. The molecule has 0 spiro atoms. The molecule has 0 saturated heterocycles. The molecular formula is C13H17N3O2S. The summed E-state index contributed by atoms with van der Waals surface area (Å²) >= 11 is 0. The van der Waals surface area contributed by atoms with E-state index in [-0.39, 0.29) is 5.75 Å². The topological polar surface area (TPSA) is 64.0 Å². The van der Waals surface area contributed by atoms with E-state index < -0.39 is 10.0 Å². The normalized spacial score (nSPS) is 11.6. The van der Waals surface area contributed by atoms with E-state index in [2.05, 4.69) is 9.71 Å². The molecule has 1 heterocycles. The van der Waals surface area contributed by atoms with Gasteiger partial charge in [-0.2, -0.15) is 0 Å². The van der Waals surface area contributed by atoms with Gasteiger partial charge in [-0.25, -0.2) is 18.1 Å². The van der Waals surface area contributed by atoms with Crippen LogP contribution in [0.4, 0.5) is 0 Å². The fourth-order valence-electron chi connectivity index (χ4n) is 1.72. The first-order valence-corrected chi connectivity index (χ1v) is 7.78. The van der Waals surface area contributed by atoms with Crippen molar-refractivity contribution in [1.29, 1.82) is 0 Å². The Balaban J connectivity index is 1.76. The summed E-state index contributed by atoms with van der Waals surface area (Å²) in [5, 5.41) is 0. The number of rotatable bonds is 7. The van der Waals surface area contributed by atoms with Gasteiger partial charge in [0.1, 0.15) is 0 Å². The van der Waals surface area contributed by atoms with E-state index in [0.717, 1.165) is 5.56 Å². The lowest BCUT2D eigenvalue weighted by atomic mass is 10.2. The third-order valence-electron chi connectivity index (χ3n) is 2.75. The first-order chi connectivity index (χ1) is 9.16. The van der Waals surface area contributed by atoms with Crippen LogP contribution in [0.5, 0.6) is 0 Å². The molecule has 1 aromatic heterocycles. The van der Waals surface area contributed by atoms with Crippen molar-refractivity contribution in [2.75, 3.05) is 12.3 Å². The van der Waals surface area contributed by atoms with Gasteiger partial charge in [0.15, 0.2) is 0 Å². The third-order valence-corrected chi connectivity index (χ3v) is 4.14. The van der Waals surface area contributed by atoms with E-state index in [1.807, 2.05) is 34.9 Å². The molecule has 1 N–H and O–H groups in total. The number of nitrogens with one attached hydrogen (secondary N) is 1. The summed E-state index contributed by atoms with van der Waals surface area (Å²) in [6.07, 6.45) is 5.67. The molecule has 19 heavy (non-hydrogen) atoms. The Morgan fingerprint density at radius 3 is 2.68 bits per heavy atom. The summed E-state index contributed by atoms with van der Waals surface area (Å²) in [5.74, 6) is 0.112. The van der Waals surface area contributed by atoms with Gasteiger partial charge in [0.05, 0.1) is 12.1 Å². The molecule has 102 valence electrons. The van der Waals surface area contributed by atoms with E-state index >= 15 is 0 Å². The summed E-state index contributed by atoms with van der Waals surface area (Å²) in [5.41, 5.74) is 1.03. The Morgan fingerprint density at radius 2 is 2.00 bits per heavy atom. The van der Waals surface area contributed by atoms with Crippen LogP contribution in [0.2, 0.25) is 0 Å². The molecule has 0 aliphatic carbocycles. The van der Waals surface area contributed by atoms with Crippen molar-refractivity contribution in [3.8, 4) is 0 Å². The first kappa shape index (κ1) is 13.8. The zero-order chi connectivity index (χ0) is 13.6. The largest absolute Gasteiger partial charge is 0.336 e. The Labute approximate surface area is 113 Å². The lowest BCUT2D eigenvalue weighted by molar-refractivity contribution is 0.572. The van der Waals surface area contributed by atoms with Gasteiger partial charge in [-0.3, -0.25) is 0 Å². The average Bonchev–Trinajstić information content (AvgIpc) is 2.91. The lowest BCUT2D eigenvalue weighted by Gasteiger charge is -2.07. The predicted molar refractivity (Wildman–Crippen MR) is 74.2 cm³/mol. The molecule has 2 aromatic rings. The standard InChI is InChI=1S/C13H17N3O2S/c17-19(18,11-6-13-4-2-1-3-5-13)15-8-10-16-9-7-14-12-16/h1-5,7,9,12,15H,6,8,10-11H2. The maximum Gasteiger partial charge on any atom is 0.211 e. The van der Waals surface area contributed by atoms with E-state index in [0.29, 0.717) is 19.5 Å². The Morgan fingerprint density at radius 1 is 1.21 bits per heavy atom. The number of aryl methyl sites for hydroxylation is 1. The Kier molecular flexibility index (Phi) is 4.70. The molecule has 0 aliphatic rings. The van der Waals surface area contributed by atoms with Gasteiger partial charge in [0.2, 0.25) is 10.0 Å². The van der Waals surface area contributed by atoms with Crippen molar-refractivity contribution in [1.82, 2.24) is 14.3 Å². The molecule has 0 saturated carbocycles. The number of hydrogen-bond acceptors (Lipinski definition) is 3. The molecule has 0 amide bonds. The van der Waals surface area contributed by atoms with Crippen molar-refractivity contribution in [3.05, 3.63) is 54.6 Å². The van der Waals surface area contributed by atoms with Crippen molar-refractivity contribution in [3.63, 3.8) is 0 Å². The minimum absolute atomic E-state index is 0.112. The number of benzene rings is 1. The van der Waals surface area contributed by atoms with Crippen molar-refractivity contribution in [2.24, 2.45) is 0 Å². The first-order valence-electron chi connectivity index (χ1n) is 6.13. The van der Waals surface area contributed by atoms with Crippen LogP contribution in [-0.4, -0.2) is 30.3 Å². The summed E-state index contributed by atoms with van der Waals surface area (Å²) in [4.78, 5) is 3.90. The predicted octanol–water partition coefficient (Wildman–Crippen LogP) is 1.05. The molecule has 5 nitrogen and oxygen atoms in total. The molecule has 6 heteroatoms. The molecule has 2 rings (SSSR count). The fraction of sp³-hybridized carbons (Fsp3) is 0.308. The van der Waals surface area contributed by atoms with E-state index in [4.69, 9.17) is 0 Å². The van der Waals surface area contributed by atoms with Gasteiger partial charge in [-0.1, -0.05) is 30.3 Å². The van der Waals surface area contributed by atoms with Crippen LogP contribution in [0.15, 0.2) is 49.1 Å². The highest BCUT2D eigenvalue weighted by atomic mass is 32.2. The van der Waals surface area contributed by atoms with Crippen LogP contribution in [0.3, 0.4) is 0 Å². The van der Waals surface area contributed by atoms with Gasteiger partial charge < -0.3 is 4.57 Å². The van der Waals surface area contributed by atoms with Crippen LogP contribution < -0.4 is 4.72 Å². The molecule has 0 bridgehead atoms. The van der Waals surface area contributed by atoms with Crippen LogP contribution >= 0.6 is 0 Å². The highest BCUT2D eigenvalue weighted by molar-refractivity contribution is 7.89. The highest BCUT2D eigenvalue weighted by Crippen LogP contribution is 2.01. The monoisotopic (exact) mass is 279 g/mol. The molecular weight excluding hydrogens is 262 g/mol. The third kappa shape index (κ3) is 4.84. The summed E-state index contributed by atoms with van der Waals surface area (Å²) < 4.78 is 28.0. The van der Waals surface area contributed by atoms with E-state index in [1.165, 1.54) is 0 Å². The average molecular weight is 279 g/mol. The van der Waals surface area contributed by atoms with Crippen LogP contribution in [0, 0.1) is 0 Å². The molecule has 0 atom stereocenters. The van der Waals surface area contributed by atoms with Crippen LogP contribution in [0.1, 0.15) is 5.56 Å². The number of aromatic nitrogens is 2. The molecule has 0 fully saturated rings. The molecule has 0 aliphatic heterocycles.